The number of aryl methyl sites for hydroxylation is 1. The Hall–Kier alpha value is -2.53. The molecule has 1 atom stereocenters. The number of carbonyl (C=O) groups is 1. The van der Waals surface area contributed by atoms with E-state index in [1.54, 1.807) is 31.2 Å². The van der Waals surface area contributed by atoms with Gasteiger partial charge in [-0.1, -0.05) is 29.8 Å². The van der Waals surface area contributed by atoms with Gasteiger partial charge in [-0.3, -0.25) is 4.79 Å². The molecule has 3 aromatic rings. The molecule has 0 fully saturated rings. The first kappa shape index (κ1) is 17.3. The summed E-state index contributed by atoms with van der Waals surface area (Å²) in [5.74, 6) is 1.34. The second-order valence-corrected chi connectivity index (χ2v) is 6.24. The second kappa shape index (κ2) is 7.57. The van der Waals surface area contributed by atoms with E-state index in [-0.39, 0.29) is 5.91 Å². The fourth-order valence-corrected chi connectivity index (χ4v) is 2.89. The van der Waals surface area contributed by atoms with Crippen LogP contribution >= 0.6 is 11.6 Å². The highest BCUT2D eigenvalue weighted by Crippen LogP contribution is 2.18. The van der Waals surface area contributed by atoms with E-state index in [0.717, 1.165) is 16.9 Å². The molecule has 1 heterocycles. The Balaban J connectivity index is 1.56. The monoisotopic (exact) mass is 357 g/mol. The molecule has 6 heteroatoms. The summed E-state index contributed by atoms with van der Waals surface area (Å²) in [4.78, 5) is 16.7. The Labute approximate surface area is 151 Å². The zero-order valence-corrected chi connectivity index (χ0v) is 15.0. The Morgan fingerprint density at radius 3 is 2.88 bits per heavy atom. The summed E-state index contributed by atoms with van der Waals surface area (Å²) >= 11 is 5.92. The summed E-state index contributed by atoms with van der Waals surface area (Å²) in [7, 11) is 0. The highest BCUT2D eigenvalue weighted by Gasteiger charge is 2.14. The number of ether oxygens (including phenoxy) is 1. The fraction of sp³-hybridized carbons (Fsp3) is 0.263. The number of hydrogen-bond donors (Lipinski definition) is 1. The summed E-state index contributed by atoms with van der Waals surface area (Å²) in [6.07, 6.45) is -0.598. The van der Waals surface area contributed by atoms with Crippen LogP contribution in [0.5, 0.6) is 5.75 Å². The zero-order valence-electron chi connectivity index (χ0n) is 14.2. The number of fused-ring (bicyclic) bond motifs is 1. The molecule has 0 bridgehead atoms. The van der Waals surface area contributed by atoms with E-state index in [1.807, 2.05) is 31.2 Å². The standard InChI is InChI=1S/C19H20ClN3O2/c1-13(25-16-7-5-6-15(20)12-16)19(24)21-10-11-23-14(2)22-17-8-3-4-9-18(17)23/h3-9,12-13H,10-11H2,1-2H3,(H,21,24). The highest BCUT2D eigenvalue weighted by atomic mass is 35.5. The van der Waals surface area contributed by atoms with Crippen molar-refractivity contribution in [3.63, 3.8) is 0 Å². The van der Waals surface area contributed by atoms with Crippen LogP contribution in [0.4, 0.5) is 0 Å². The molecular formula is C19H20ClN3O2. The molecule has 0 saturated heterocycles. The van der Waals surface area contributed by atoms with Crippen molar-refractivity contribution in [3.05, 3.63) is 59.4 Å². The molecular weight excluding hydrogens is 338 g/mol. The topological polar surface area (TPSA) is 56.2 Å². The van der Waals surface area contributed by atoms with Crippen molar-refractivity contribution in [1.29, 1.82) is 0 Å². The molecule has 0 radical (unpaired) electrons. The van der Waals surface area contributed by atoms with Crippen molar-refractivity contribution in [2.75, 3.05) is 6.54 Å². The Morgan fingerprint density at radius 2 is 2.08 bits per heavy atom. The number of rotatable bonds is 6. The molecule has 25 heavy (non-hydrogen) atoms. The molecule has 130 valence electrons. The maximum absolute atomic E-state index is 12.2. The van der Waals surface area contributed by atoms with Crippen LogP contribution in [0.2, 0.25) is 5.02 Å². The predicted molar refractivity (Wildman–Crippen MR) is 99.0 cm³/mol. The number of nitrogens with one attached hydrogen (secondary N) is 1. The first-order chi connectivity index (χ1) is 12.0. The van der Waals surface area contributed by atoms with Crippen LogP contribution in [0, 0.1) is 6.92 Å². The lowest BCUT2D eigenvalue weighted by molar-refractivity contribution is -0.127. The molecule has 0 saturated carbocycles. The molecule has 1 amide bonds. The number of imidazole rings is 1. The van der Waals surface area contributed by atoms with Crippen LogP contribution in [-0.4, -0.2) is 28.1 Å². The van der Waals surface area contributed by atoms with E-state index in [0.29, 0.717) is 23.9 Å². The van der Waals surface area contributed by atoms with Gasteiger partial charge in [-0.25, -0.2) is 4.98 Å². The molecule has 5 nitrogen and oxygen atoms in total. The van der Waals surface area contributed by atoms with Crippen molar-refractivity contribution in [2.24, 2.45) is 0 Å². The summed E-state index contributed by atoms with van der Waals surface area (Å²) in [6.45, 7) is 4.84. The summed E-state index contributed by atoms with van der Waals surface area (Å²) in [5, 5.41) is 3.48. The van der Waals surface area contributed by atoms with Crippen molar-refractivity contribution < 1.29 is 9.53 Å². The number of aromatic nitrogens is 2. The van der Waals surface area contributed by atoms with E-state index in [2.05, 4.69) is 14.9 Å². The number of para-hydroxylation sites is 2. The maximum atomic E-state index is 12.2. The quantitative estimate of drug-likeness (QED) is 0.733. The number of amides is 1. The lowest BCUT2D eigenvalue weighted by Crippen LogP contribution is -2.38. The van der Waals surface area contributed by atoms with E-state index in [9.17, 15) is 4.79 Å². The minimum atomic E-state index is -0.598. The lowest BCUT2D eigenvalue weighted by atomic mass is 10.3. The van der Waals surface area contributed by atoms with E-state index < -0.39 is 6.10 Å². The lowest BCUT2D eigenvalue weighted by Gasteiger charge is -2.15. The van der Waals surface area contributed by atoms with Gasteiger partial charge in [0.2, 0.25) is 0 Å². The number of nitrogens with zero attached hydrogens (tertiary/aromatic N) is 2. The highest BCUT2D eigenvalue weighted by molar-refractivity contribution is 6.30. The molecule has 3 rings (SSSR count). The van der Waals surface area contributed by atoms with E-state index in [4.69, 9.17) is 16.3 Å². The van der Waals surface area contributed by atoms with Crippen molar-refractivity contribution in [2.45, 2.75) is 26.5 Å². The SMILES string of the molecule is Cc1nc2ccccc2n1CCNC(=O)C(C)Oc1cccc(Cl)c1. The van der Waals surface area contributed by atoms with Gasteiger partial charge in [0.25, 0.3) is 5.91 Å². The van der Waals surface area contributed by atoms with Crippen LogP contribution in [0.3, 0.4) is 0 Å². The Kier molecular flexibility index (Phi) is 5.24. The van der Waals surface area contributed by atoms with Gasteiger partial charge in [0, 0.05) is 18.1 Å². The largest absolute Gasteiger partial charge is 0.481 e. The van der Waals surface area contributed by atoms with Crippen LogP contribution in [0.25, 0.3) is 11.0 Å². The molecule has 2 aromatic carbocycles. The predicted octanol–water partition coefficient (Wildman–Crippen LogP) is 3.58. The number of benzene rings is 2. The summed E-state index contributed by atoms with van der Waals surface area (Å²) in [5.41, 5.74) is 2.03. The summed E-state index contributed by atoms with van der Waals surface area (Å²) < 4.78 is 7.72. The fourth-order valence-electron chi connectivity index (χ4n) is 2.71. The number of halogens is 1. The minimum Gasteiger partial charge on any atom is -0.481 e. The van der Waals surface area contributed by atoms with Crippen LogP contribution in [0.15, 0.2) is 48.5 Å². The van der Waals surface area contributed by atoms with Crippen LogP contribution < -0.4 is 10.1 Å². The number of hydrogen-bond acceptors (Lipinski definition) is 3. The van der Waals surface area contributed by atoms with Crippen molar-refractivity contribution in [3.8, 4) is 5.75 Å². The van der Waals surface area contributed by atoms with E-state index in [1.165, 1.54) is 0 Å². The first-order valence-electron chi connectivity index (χ1n) is 8.16. The second-order valence-electron chi connectivity index (χ2n) is 5.81. The normalized spacial score (nSPS) is 12.1. The molecule has 1 aromatic heterocycles. The molecule has 0 aliphatic rings. The van der Waals surface area contributed by atoms with Gasteiger partial charge in [0.1, 0.15) is 11.6 Å². The average molecular weight is 358 g/mol. The van der Waals surface area contributed by atoms with E-state index >= 15 is 0 Å². The average Bonchev–Trinajstić information content (AvgIpc) is 2.90. The smallest absolute Gasteiger partial charge is 0.260 e. The van der Waals surface area contributed by atoms with Gasteiger partial charge in [-0.15, -0.1) is 0 Å². The Morgan fingerprint density at radius 1 is 1.28 bits per heavy atom. The van der Waals surface area contributed by atoms with Crippen LogP contribution in [0.1, 0.15) is 12.7 Å². The molecule has 1 N–H and O–H groups in total. The molecule has 0 aliphatic heterocycles. The van der Waals surface area contributed by atoms with Gasteiger partial charge < -0.3 is 14.6 Å². The summed E-state index contributed by atoms with van der Waals surface area (Å²) in [6, 6.07) is 15.0. The van der Waals surface area contributed by atoms with Gasteiger partial charge in [0.05, 0.1) is 11.0 Å². The van der Waals surface area contributed by atoms with Gasteiger partial charge >= 0.3 is 0 Å². The molecule has 1 unspecified atom stereocenters. The number of carbonyl (C=O) groups excluding carboxylic acids is 1. The van der Waals surface area contributed by atoms with Gasteiger partial charge in [0.15, 0.2) is 6.10 Å². The first-order valence-corrected chi connectivity index (χ1v) is 8.54. The third-order valence-corrected chi connectivity index (χ3v) is 4.19. The third kappa shape index (κ3) is 4.12. The van der Waals surface area contributed by atoms with Crippen molar-refractivity contribution >= 4 is 28.5 Å². The Bertz CT molecular complexity index is 891. The zero-order chi connectivity index (χ0) is 17.8. The minimum absolute atomic E-state index is 0.165. The van der Waals surface area contributed by atoms with Gasteiger partial charge in [-0.05, 0) is 44.2 Å². The molecule has 0 aliphatic carbocycles. The van der Waals surface area contributed by atoms with Crippen molar-refractivity contribution in [1.82, 2.24) is 14.9 Å². The van der Waals surface area contributed by atoms with Gasteiger partial charge in [-0.2, -0.15) is 0 Å². The maximum Gasteiger partial charge on any atom is 0.260 e. The molecule has 0 spiro atoms. The third-order valence-electron chi connectivity index (χ3n) is 3.96. The van der Waals surface area contributed by atoms with Crippen LogP contribution in [-0.2, 0) is 11.3 Å².